The lowest BCUT2D eigenvalue weighted by atomic mass is 9.97. The van der Waals surface area contributed by atoms with Gasteiger partial charge in [-0.3, -0.25) is 4.79 Å². The second-order valence-electron chi connectivity index (χ2n) is 5.67. The SMILES string of the molecule is CNC(=O)c1ccc(CN(C)CC2CCNCC2)cc1.Cl. The Morgan fingerprint density at radius 1 is 1.29 bits per heavy atom. The first-order chi connectivity index (χ1) is 9.69. The van der Waals surface area contributed by atoms with Gasteiger partial charge < -0.3 is 15.5 Å². The third-order valence-corrected chi connectivity index (χ3v) is 3.92. The zero-order valence-electron chi connectivity index (χ0n) is 12.9. The van der Waals surface area contributed by atoms with Crippen LogP contribution in [0.15, 0.2) is 24.3 Å². The molecule has 1 saturated heterocycles. The first-order valence-electron chi connectivity index (χ1n) is 7.39. The minimum absolute atomic E-state index is 0. The van der Waals surface area contributed by atoms with E-state index in [9.17, 15) is 4.79 Å². The molecule has 2 rings (SSSR count). The van der Waals surface area contributed by atoms with Crippen molar-refractivity contribution in [3.8, 4) is 0 Å². The number of nitrogens with one attached hydrogen (secondary N) is 2. The quantitative estimate of drug-likeness (QED) is 0.873. The molecule has 1 heterocycles. The Hall–Kier alpha value is -1.10. The number of halogens is 1. The molecule has 0 spiro atoms. The highest BCUT2D eigenvalue weighted by molar-refractivity contribution is 5.93. The van der Waals surface area contributed by atoms with E-state index in [4.69, 9.17) is 0 Å². The fourth-order valence-electron chi connectivity index (χ4n) is 2.79. The van der Waals surface area contributed by atoms with E-state index in [1.807, 2.05) is 24.3 Å². The van der Waals surface area contributed by atoms with Crippen LogP contribution < -0.4 is 10.6 Å². The molecular formula is C16H26ClN3O. The van der Waals surface area contributed by atoms with Gasteiger partial charge in [0.25, 0.3) is 5.91 Å². The minimum atomic E-state index is -0.0281. The van der Waals surface area contributed by atoms with Crippen molar-refractivity contribution in [2.24, 2.45) is 5.92 Å². The average molecular weight is 312 g/mol. The summed E-state index contributed by atoms with van der Waals surface area (Å²) < 4.78 is 0. The van der Waals surface area contributed by atoms with Crippen LogP contribution in [-0.4, -0.2) is 44.5 Å². The van der Waals surface area contributed by atoms with Crippen LogP contribution in [0.2, 0.25) is 0 Å². The average Bonchev–Trinajstić information content (AvgIpc) is 2.48. The largest absolute Gasteiger partial charge is 0.355 e. The molecule has 1 fully saturated rings. The molecule has 0 aliphatic carbocycles. The van der Waals surface area contributed by atoms with Gasteiger partial charge in [0.1, 0.15) is 0 Å². The summed E-state index contributed by atoms with van der Waals surface area (Å²) in [6, 6.07) is 7.88. The maximum atomic E-state index is 11.5. The Balaban J connectivity index is 0.00000220. The summed E-state index contributed by atoms with van der Waals surface area (Å²) in [4.78, 5) is 13.9. The molecule has 0 aromatic heterocycles. The lowest BCUT2D eigenvalue weighted by molar-refractivity contribution is 0.0963. The summed E-state index contributed by atoms with van der Waals surface area (Å²) in [5.74, 6) is 0.783. The Morgan fingerprint density at radius 2 is 1.90 bits per heavy atom. The second kappa shape index (κ2) is 9.03. The lowest BCUT2D eigenvalue weighted by Crippen LogP contribution is -2.34. The molecule has 118 valence electrons. The van der Waals surface area contributed by atoms with Crippen molar-refractivity contribution < 1.29 is 4.79 Å². The summed E-state index contributed by atoms with van der Waals surface area (Å²) in [6.45, 7) is 4.40. The molecule has 0 unspecified atom stereocenters. The Morgan fingerprint density at radius 3 is 2.48 bits per heavy atom. The van der Waals surface area contributed by atoms with E-state index in [1.165, 1.54) is 18.4 Å². The van der Waals surface area contributed by atoms with Crippen LogP contribution >= 0.6 is 12.4 Å². The van der Waals surface area contributed by atoms with Crippen molar-refractivity contribution in [2.45, 2.75) is 19.4 Å². The number of piperidine rings is 1. The number of nitrogens with zero attached hydrogens (tertiary/aromatic N) is 1. The van der Waals surface area contributed by atoms with Gasteiger partial charge in [-0.1, -0.05) is 12.1 Å². The van der Waals surface area contributed by atoms with Gasteiger partial charge in [-0.25, -0.2) is 0 Å². The van der Waals surface area contributed by atoms with Crippen LogP contribution in [0, 0.1) is 5.92 Å². The molecule has 0 saturated carbocycles. The maximum Gasteiger partial charge on any atom is 0.251 e. The number of carbonyl (C=O) groups is 1. The number of hydrogen-bond acceptors (Lipinski definition) is 3. The van der Waals surface area contributed by atoms with Crippen molar-refractivity contribution in [3.05, 3.63) is 35.4 Å². The lowest BCUT2D eigenvalue weighted by Gasteiger charge is -2.27. The maximum absolute atomic E-state index is 11.5. The molecule has 0 bridgehead atoms. The van der Waals surface area contributed by atoms with Gasteiger partial charge >= 0.3 is 0 Å². The fraction of sp³-hybridized carbons (Fsp3) is 0.562. The summed E-state index contributed by atoms with van der Waals surface area (Å²) in [5, 5.41) is 6.04. The van der Waals surface area contributed by atoms with E-state index in [0.717, 1.165) is 37.7 Å². The van der Waals surface area contributed by atoms with Crippen molar-refractivity contribution in [3.63, 3.8) is 0 Å². The van der Waals surface area contributed by atoms with Crippen LogP contribution in [-0.2, 0) is 6.54 Å². The summed E-state index contributed by atoms with van der Waals surface area (Å²) in [7, 11) is 3.83. The van der Waals surface area contributed by atoms with E-state index < -0.39 is 0 Å². The predicted molar refractivity (Wildman–Crippen MR) is 89.0 cm³/mol. The van der Waals surface area contributed by atoms with E-state index in [-0.39, 0.29) is 18.3 Å². The van der Waals surface area contributed by atoms with Gasteiger partial charge in [-0.05, 0) is 56.6 Å². The molecule has 21 heavy (non-hydrogen) atoms. The first kappa shape index (κ1) is 18.0. The van der Waals surface area contributed by atoms with Gasteiger partial charge in [0.2, 0.25) is 0 Å². The molecule has 1 aliphatic heterocycles. The number of benzene rings is 1. The first-order valence-corrected chi connectivity index (χ1v) is 7.39. The van der Waals surface area contributed by atoms with Gasteiger partial charge in [-0.2, -0.15) is 0 Å². The van der Waals surface area contributed by atoms with Crippen LogP contribution in [0.1, 0.15) is 28.8 Å². The van der Waals surface area contributed by atoms with Crippen molar-refractivity contribution in [1.82, 2.24) is 15.5 Å². The zero-order chi connectivity index (χ0) is 14.4. The van der Waals surface area contributed by atoms with E-state index in [2.05, 4.69) is 22.6 Å². The fourth-order valence-corrected chi connectivity index (χ4v) is 2.79. The van der Waals surface area contributed by atoms with E-state index in [1.54, 1.807) is 7.05 Å². The molecule has 5 heteroatoms. The van der Waals surface area contributed by atoms with Crippen LogP contribution in [0.3, 0.4) is 0 Å². The summed E-state index contributed by atoms with van der Waals surface area (Å²) >= 11 is 0. The highest BCUT2D eigenvalue weighted by atomic mass is 35.5. The van der Waals surface area contributed by atoms with Crippen LogP contribution in [0.25, 0.3) is 0 Å². The Labute approximate surface area is 133 Å². The highest BCUT2D eigenvalue weighted by Crippen LogP contribution is 2.14. The predicted octanol–water partition coefficient (Wildman–Crippen LogP) is 1.90. The molecule has 1 amide bonds. The van der Waals surface area contributed by atoms with Crippen molar-refractivity contribution in [1.29, 1.82) is 0 Å². The molecular weight excluding hydrogens is 286 g/mol. The number of rotatable bonds is 5. The molecule has 1 aromatic carbocycles. The van der Waals surface area contributed by atoms with E-state index in [0.29, 0.717) is 0 Å². The molecule has 0 atom stereocenters. The monoisotopic (exact) mass is 311 g/mol. The van der Waals surface area contributed by atoms with Crippen LogP contribution in [0.4, 0.5) is 0 Å². The highest BCUT2D eigenvalue weighted by Gasteiger charge is 2.15. The van der Waals surface area contributed by atoms with Gasteiger partial charge in [-0.15, -0.1) is 12.4 Å². The van der Waals surface area contributed by atoms with E-state index >= 15 is 0 Å². The standard InChI is InChI=1S/C16H25N3O.ClH/c1-17-16(20)15-5-3-13(4-6-15)11-19(2)12-14-7-9-18-10-8-14;/h3-6,14,18H,7-12H2,1-2H3,(H,17,20);1H. The third-order valence-electron chi connectivity index (χ3n) is 3.92. The minimum Gasteiger partial charge on any atom is -0.355 e. The topological polar surface area (TPSA) is 44.4 Å². The number of amides is 1. The van der Waals surface area contributed by atoms with Gasteiger partial charge in [0, 0.05) is 25.7 Å². The number of hydrogen-bond donors (Lipinski definition) is 2. The molecule has 0 radical (unpaired) electrons. The van der Waals surface area contributed by atoms with Crippen molar-refractivity contribution in [2.75, 3.05) is 33.7 Å². The third kappa shape index (κ3) is 5.65. The number of carbonyl (C=O) groups excluding carboxylic acids is 1. The molecule has 1 aromatic rings. The van der Waals surface area contributed by atoms with Gasteiger partial charge in [0.05, 0.1) is 0 Å². The Kier molecular flexibility index (Phi) is 7.72. The molecule has 2 N–H and O–H groups in total. The van der Waals surface area contributed by atoms with Gasteiger partial charge in [0.15, 0.2) is 0 Å². The van der Waals surface area contributed by atoms with Crippen molar-refractivity contribution >= 4 is 18.3 Å². The smallest absolute Gasteiger partial charge is 0.251 e. The summed E-state index contributed by atoms with van der Waals surface area (Å²) in [6.07, 6.45) is 2.56. The molecule has 4 nitrogen and oxygen atoms in total. The molecule has 1 aliphatic rings. The summed E-state index contributed by atoms with van der Waals surface area (Å²) in [5.41, 5.74) is 1.98. The Bertz CT molecular complexity index is 430. The van der Waals surface area contributed by atoms with Crippen LogP contribution in [0.5, 0.6) is 0 Å². The second-order valence-corrected chi connectivity index (χ2v) is 5.67. The normalized spacial score (nSPS) is 15.6. The zero-order valence-corrected chi connectivity index (χ0v) is 13.7.